The summed E-state index contributed by atoms with van der Waals surface area (Å²) in [7, 11) is 0. The Bertz CT molecular complexity index is 284. The molecule has 17 heavy (non-hydrogen) atoms. The molecule has 5 atom stereocenters. The van der Waals surface area contributed by atoms with Gasteiger partial charge in [0.15, 0.2) is 0 Å². The van der Waals surface area contributed by atoms with Gasteiger partial charge >= 0.3 is 0 Å². The molecule has 2 aliphatic carbocycles. The average Bonchev–Trinajstić information content (AvgIpc) is 2.50. The lowest BCUT2D eigenvalue weighted by Gasteiger charge is -2.46. The van der Waals surface area contributed by atoms with E-state index in [4.69, 9.17) is 4.74 Å². The summed E-state index contributed by atoms with van der Waals surface area (Å²) in [6, 6.07) is 0. The van der Waals surface area contributed by atoms with Crippen molar-refractivity contribution < 1.29 is 14.9 Å². The van der Waals surface area contributed by atoms with Gasteiger partial charge in [0.1, 0.15) is 0 Å². The van der Waals surface area contributed by atoms with Crippen molar-refractivity contribution in [2.24, 2.45) is 11.3 Å². The van der Waals surface area contributed by atoms with E-state index in [-0.39, 0.29) is 23.0 Å². The minimum absolute atomic E-state index is 0.0337. The summed E-state index contributed by atoms with van der Waals surface area (Å²) in [5.41, 5.74) is -0.102. The molecule has 2 fully saturated rings. The van der Waals surface area contributed by atoms with Crippen LogP contribution >= 0.6 is 0 Å². The Kier molecular flexibility index (Phi) is 3.30. The number of fused-ring (bicyclic) bond motifs is 1. The van der Waals surface area contributed by atoms with Crippen LogP contribution in [-0.2, 0) is 4.74 Å². The molecule has 0 unspecified atom stereocenters. The minimum atomic E-state index is -0.567. The van der Waals surface area contributed by atoms with E-state index in [1.165, 1.54) is 0 Å². The molecule has 0 heterocycles. The van der Waals surface area contributed by atoms with Crippen LogP contribution in [0.3, 0.4) is 0 Å². The summed E-state index contributed by atoms with van der Waals surface area (Å²) < 4.78 is 6.16. The molecule has 0 spiro atoms. The number of rotatable bonds is 1. The van der Waals surface area contributed by atoms with Gasteiger partial charge in [-0.05, 0) is 57.8 Å². The highest BCUT2D eigenvalue weighted by atomic mass is 16.5. The quantitative estimate of drug-likeness (QED) is 0.740. The molecule has 2 N–H and O–H groups in total. The highest BCUT2D eigenvalue weighted by Crippen LogP contribution is 2.53. The molecule has 3 nitrogen and oxygen atoms in total. The largest absolute Gasteiger partial charge is 0.390 e. The summed E-state index contributed by atoms with van der Waals surface area (Å²) in [5, 5.41) is 19.9. The van der Waals surface area contributed by atoms with Gasteiger partial charge in [0.05, 0.1) is 23.9 Å². The van der Waals surface area contributed by atoms with Crippen LogP contribution in [0.15, 0.2) is 0 Å². The van der Waals surface area contributed by atoms with E-state index in [0.717, 1.165) is 19.3 Å². The van der Waals surface area contributed by atoms with Crippen LogP contribution in [0.25, 0.3) is 0 Å². The number of aliphatic hydroxyl groups excluding tert-OH is 2. The Morgan fingerprint density at radius 2 is 1.76 bits per heavy atom. The maximum absolute atomic E-state index is 10.1. The molecule has 0 aliphatic heterocycles. The van der Waals surface area contributed by atoms with Crippen molar-refractivity contribution in [1.82, 2.24) is 0 Å². The molecule has 2 rings (SSSR count). The van der Waals surface area contributed by atoms with Crippen LogP contribution in [0.1, 0.15) is 53.4 Å². The van der Waals surface area contributed by atoms with Gasteiger partial charge in [-0.2, -0.15) is 0 Å². The van der Waals surface area contributed by atoms with E-state index >= 15 is 0 Å². The molecule has 3 heteroatoms. The van der Waals surface area contributed by atoms with Crippen LogP contribution in [-0.4, -0.2) is 34.1 Å². The average molecular weight is 242 g/mol. The van der Waals surface area contributed by atoms with Crippen molar-refractivity contribution in [2.75, 3.05) is 0 Å². The molecule has 0 aromatic heterocycles. The topological polar surface area (TPSA) is 49.7 Å². The third-order valence-corrected chi connectivity index (χ3v) is 4.60. The van der Waals surface area contributed by atoms with Gasteiger partial charge in [-0.3, -0.25) is 0 Å². The zero-order valence-corrected chi connectivity index (χ0v) is 11.4. The van der Waals surface area contributed by atoms with Gasteiger partial charge in [-0.15, -0.1) is 0 Å². The lowest BCUT2D eigenvalue weighted by Crippen LogP contribution is -2.50. The lowest BCUT2D eigenvalue weighted by atomic mass is 9.66. The first-order chi connectivity index (χ1) is 7.74. The summed E-state index contributed by atoms with van der Waals surface area (Å²) in [6.45, 7) is 8.46. The van der Waals surface area contributed by atoms with Crippen molar-refractivity contribution >= 4 is 0 Å². The molecule has 0 saturated heterocycles. The van der Waals surface area contributed by atoms with Crippen LogP contribution in [0.5, 0.6) is 0 Å². The maximum atomic E-state index is 10.1. The smallest absolute Gasteiger partial charge is 0.0833 e. The molecular weight excluding hydrogens is 216 g/mol. The van der Waals surface area contributed by atoms with Gasteiger partial charge < -0.3 is 14.9 Å². The van der Waals surface area contributed by atoms with Crippen LogP contribution < -0.4 is 0 Å². The molecule has 0 bridgehead atoms. The second-order valence-corrected chi connectivity index (χ2v) is 7.01. The van der Waals surface area contributed by atoms with Crippen LogP contribution in [0.2, 0.25) is 0 Å². The first kappa shape index (κ1) is 13.3. The maximum Gasteiger partial charge on any atom is 0.0833 e. The van der Waals surface area contributed by atoms with Gasteiger partial charge in [0, 0.05) is 0 Å². The molecule has 100 valence electrons. The van der Waals surface area contributed by atoms with Gasteiger partial charge in [0.2, 0.25) is 0 Å². The standard InChI is InChI=1S/C14H26O3/c1-13(2,3)17-11-6-5-9-12(16)10(15)7-8-14(9,11)4/h9-12,15-16H,5-8H2,1-4H3/t9-,10+,11-,12+,14-/m0/s1. The summed E-state index contributed by atoms with van der Waals surface area (Å²) in [6.07, 6.45) is 2.73. The molecule has 0 aromatic carbocycles. The molecule has 0 aromatic rings. The lowest BCUT2D eigenvalue weighted by molar-refractivity contribution is -0.152. The second kappa shape index (κ2) is 4.22. The van der Waals surface area contributed by atoms with Crippen molar-refractivity contribution in [1.29, 1.82) is 0 Å². The van der Waals surface area contributed by atoms with Crippen LogP contribution in [0, 0.1) is 11.3 Å². The van der Waals surface area contributed by atoms with Crippen LogP contribution in [0.4, 0.5) is 0 Å². The third kappa shape index (κ3) is 2.38. The molecular formula is C14H26O3. The Morgan fingerprint density at radius 3 is 2.35 bits per heavy atom. The zero-order valence-electron chi connectivity index (χ0n) is 11.4. The summed E-state index contributed by atoms with van der Waals surface area (Å²) in [5.74, 6) is 0.193. The van der Waals surface area contributed by atoms with E-state index in [0.29, 0.717) is 6.42 Å². The second-order valence-electron chi connectivity index (χ2n) is 7.01. The number of hydrogen-bond donors (Lipinski definition) is 2. The van der Waals surface area contributed by atoms with E-state index in [2.05, 4.69) is 27.7 Å². The monoisotopic (exact) mass is 242 g/mol. The van der Waals surface area contributed by atoms with Gasteiger partial charge in [-0.25, -0.2) is 0 Å². The summed E-state index contributed by atoms with van der Waals surface area (Å²) in [4.78, 5) is 0. The Hall–Kier alpha value is -0.120. The molecule has 2 aliphatic rings. The van der Waals surface area contributed by atoms with Crippen molar-refractivity contribution in [3.05, 3.63) is 0 Å². The predicted molar refractivity (Wildman–Crippen MR) is 66.7 cm³/mol. The molecule has 0 radical (unpaired) electrons. The first-order valence-corrected chi connectivity index (χ1v) is 6.78. The van der Waals surface area contributed by atoms with E-state index in [9.17, 15) is 10.2 Å². The third-order valence-electron chi connectivity index (χ3n) is 4.60. The van der Waals surface area contributed by atoms with E-state index in [1.807, 2.05) is 0 Å². The normalized spacial score (nSPS) is 46.9. The molecule has 2 saturated carbocycles. The predicted octanol–water partition coefficient (Wildman–Crippen LogP) is 2.10. The number of aliphatic hydroxyl groups is 2. The SMILES string of the molecule is CC(C)(C)O[C@H]1CC[C@H]2[C@@H](O)[C@H](O)CC[C@]12C. The minimum Gasteiger partial charge on any atom is -0.390 e. The highest BCUT2D eigenvalue weighted by Gasteiger charge is 2.54. The molecule has 0 amide bonds. The zero-order chi connectivity index (χ0) is 12.8. The Labute approximate surface area is 104 Å². The van der Waals surface area contributed by atoms with Gasteiger partial charge in [0.25, 0.3) is 0 Å². The van der Waals surface area contributed by atoms with E-state index in [1.54, 1.807) is 0 Å². The van der Waals surface area contributed by atoms with Crippen molar-refractivity contribution in [2.45, 2.75) is 77.3 Å². The highest BCUT2D eigenvalue weighted by molar-refractivity contribution is 5.04. The number of hydrogen-bond acceptors (Lipinski definition) is 3. The van der Waals surface area contributed by atoms with Crippen molar-refractivity contribution in [3.8, 4) is 0 Å². The number of ether oxygens (including phenoxy) is 1. The Balaban J connectivity index is 2.14. The fourth-order valence-corrected chi connectivity index (χ4v) is 3.65. The summed E-state index contributed by atoms with van der Waals surface area (Å²) >= 11 is 0. The van der Waals surface area contributed by atoms with E-state index < -0.39 is 12.2 Å². The van der Waals surface area contributed by atoms with Gasteiger partial charge in [-0.1, -0.05) is 6.92 Å². The fourth-order valence-electron chi connectivity index (χ4n) is 3.65. The Morgan fingerprint density at radius 1 is 1.12 bits per heavy atom. The fraction of sp³-hybridized carbons (Fsp3) is 1.00. The van der Waals surface area contributed by atoms with Crippen molar-refractivity contribution in [3.63, 3.8) is 0 Å². The first-order valence-electron chi connectivity index (χ1n) is 6.78.